The van der Waals surface area contributed by atoms with Crippen molar-refractivity contribution in [2.24, 2.45) is 0 Å². The second-order valence-corrected chi connectivity index (χ2v) is 7.34. The Morgan fingerprint density at radius 1 is 1.00 bits per heavy atom. The summed E-state index contributed by atoms with van der Waals surface area (Å²) in [5.74, 6) is -0.823. The fraction of sp³-hybridized carbons (Fsp3) is 0.188. The zero-order chi connectivity index (χ0) is 15.5. The van der Waals surface area contributed by atoms with E-state index in [2.05, 4.69) is 0 Å². The summed E-state index contributed by atoms with van der Waals surface area (Å²) in [6, 6.07) is 13.3. The van der Waals surface area contributed by atoms with Gasteiger partial charge in [0.1, 0.15) is 5.75 Å². The third kappa shape index (κ3) is 4.41. The average molecular weight is 323 g/mol. The summed E-state index contributed by atoms with van der Waals surface area (Å²) in [4.78, 5) is 12.1. The number of ketones is 1. The minimum atomic E-state index is -3.58. The second kappa shape index (κ2) is 6.41. The van der Waals surface area contributed by atoms with E-state index in [-0.39, 0.29) is 17.1 Å². The molecule has 0 bridgehead atoms. The molecule has 2 aromatic carbocycles. The molecule has 3 nitrogen and oxygen atoms in total. The highest BCUT2D eigenvalue weighted by Gasteiger charge is 2.19. The van der Waals surface area contributed by atoms with Crippen molar-refractivity contribution in [2.45, 2.75) is 18.2 Å². The van der Waals surface area contributed by atoms with E-state index in [0.29, 0.717) is 5.02 Å². The van der Waals surface area contributed by atoms with Crippen molar-refractivity contribution in [3.8, 4) is 0 Å². The smallest absolute Gasteiger partial charge is 0.185 e. The van der Waals surface area contributed by atoms with E-state index in [9.17, 15) is 13.2 Å². The fourth-order valence-corrected chi connectivity index (χ4v) is 3.29. The number of halogens is 1. The van der Waals surface area contributed by atoms with Gasteiger partial charge in [-0.25, -0.2) is 8.42 Å². The van der Waals surface area contributed by atoms with Crippen molar-refractivity contribution < 1.29 is 13.2 Å². The number of sulfone groups is 1. The molecule has 0 heterocycles. The quantitative estimate of drug-likeness (QED) is 0.849. The number of rotatable bonds is 5. The first kappa shape index (κ1) is 15.7. The molecule has 0 spiro atoms. The molecule has 21 heavy (non-hydrogen) atoms. The first-order chi connectivity index (χ1) is 9.87. The molecular formula is C16H15ClO3S. The highest BCUT2D eigenvalue weighted by atomic mass is 35.5. The van der Waals surface area contributed by atoms with Gasteiger partial charge in [-0.05, 0) is 36.8 Å². The van der Waals surface area contributed by atoms with Crippen molar-refractivity contribution in [1.82, 2.24) is 0 Å². The summed E-state index contributed by atoms with van der Waals surface area (Å²) < 4.78 is 24.3. The number of hydrogen-bond donors (Lipinski definition) is 0. The van der Waals surface area contributed by atoms with Crippen molar-refractivity contribution >= 4 is 27.2 Å². The van der Waals surface area contributed by atoms with Crippen LogP contribution in [-0.4, -0.2) is 20.0 Å². The fourth-order valence-electron chi connectivity index (χ4n) is 1.92. The number of aryl methyl sites for hydroxylation is 1. The maximum absolute atomic E-state index is 12.2. The van der Waals surface area contributed by atoms with Crippen LogP contribution >= 0.6 is 11.6 Å². The summed E-state index contributed by atoms with van der Waals surface area (Å²) in [6.07, 6.45) is 0.0856. The third-order valence-electron chi connectivity index (χ3n) is 3.05. The topological polar surface area (TPSA) is 51.2 Å². The molecule has 0 aliphatic heterocycles. The van der Waals surface area contributed by atoms with Crippen LogP contribution in [0.4, 0.5) is 0 Å². The molecule has 0 fully saturated rings. The van der Waals surface area contributed by atoms with Crippen molar-refractivity contribution in [1.29, 1.82) is 0 Å². The Hall–Kier alpha value is -1.65. The van der Waals surface area contributed by atoms with Gasteiger partial charge >= 0.3 is 0 Å². The Bertz CT molecular complexity index is 732. The molecule has 0 aliphatic carbocycles. The third-order valence-corrected chi connectivity index (χ3v) is 4.99. The Labute approximate surface area is 129 Å². The first-order valence-electron chi connectivity index (χ1n) is 6.42. The van der Waals surface area contributed by atoms with Gasteiger partial charge < -0.3 is 0 Å². The average Bonchev–Trinajstić information content (AvgIpc) is 2.41. The normalized spacial score (nSPS) is 11.3. The molecule has 0 aliphatic rings. The summed E-state index contributed by atoms with van der Waals surface area (Å²) >= 11 is 5.77. The molecule has 5 heteroatoms. The highest BCUT2D eigenvalue weighted by molar-refractivity contribution is 7.92. The van der Waals surface area contributed by atoms with E-state index in [1.54, 1.807) is 36.4 Å². The number of carbonyl (C=O) groups is 1. The van der Waals surface area contributed by atoms with E-state index in [4.69, 9.17) is 11.6 Å². The molecule has 2 rings (SSSR count). The zero-order valence-electron chi connectivity index (χ0n) is 11.5. The Morgan fingerprint density at radius 3 is 2.14 bits per heavy atom. The van der Waals surface area contributed by atoms with Crippen LogP contribution in [-0.2, 0) is 21.1 Å². The van der Waals surface area contributed by atoms with Crippen LogP contribution < -0.4 is 0 Å². The number of Topliss-reactive ketones (excluding diaryl/α,β-unsaturated/α-hetero) is 1. The predicted molar refractivity (Wildman–Crippen MR) is 83.4 cm³/mol. The lowest BCUT2D eigenvalue weighted by Crippen LogP contribution is -2.18. The van der Waals surface area contributed by atoms with Gasteiger partial charge in [-0.3, -0.25) is 4.79 Å². The maximum atomic E-state index is 12.2. The minimum absolute atomic E-state index is 0.0856. The van der Waals surface area contributed by atoms with Gasteiger partial charge in [0.2, 0.25) is 0 Å². The van der Waals surface area contributed by atoms with Crippen LogP contribution in [0.1, 0.15) is 11.1 Å². The largest absolute Gasteiger partial charge is 0.298 e. The standard InChI is InChI=1S/C16H15ClO3S/c1-12-2-8-16(9-3-12)21(19,20)11-15(18)10-13-4-6-14(17)7-5-13/h2-9H,10-11H2,1H3. The maximum Gasteiger partial charge on any atom is 0.185 e. The lowest BCUT2D eigenvalue weighted by atomic mass is 10.1. The van der Waals surface area contributed by atoms with Crippen LogP contribution in [0.2, 0.25) is 5.02 Å². The molecule has 110 valence electrons. The lowest BCUT2D eigenvalue weighted by Gasteiger charge is -2.05. The van der Waals surface area contributed by atoms with Gasteiger partial charge in [-0.1, -0.05) is 41.4 Å². The van der Waals surface area contributed by atoms with E-state index in [0.717, 1.165) is 11.1 Å². The molecular weight excluding hydrogens is 308 g/mol. The van der Waals surface area contributed by atoms with Gasteiger partial charge in [-0.15, -0.1) is 0 Å². The molecule has 0 saturated heterocycles. The predicted octanol–water partition coefficient (Wildman–Crippen LogP) is 3.23. The van der Waals surface area contributed by atoms with Crippen molar-refractivity contribution in [3.05, 3.63) is 64.7 Å². The molecule has 0 aromatic heterocycles. The van der Waals surface area contributed by atoms with Gasteiger partial charge in [0.15, 0.2) is 15.6 Å². The van der Waals surface area contributed by atoms with Crippen LogP contribution in [0.5, 0.6) is 0 Å². The number of benzene rings is 2. The zero-order valence-corrected chi connectivity index (χ0v) is 13.1. The minimum Gasteiger partial charge on any atom is -0.298 e. The van der Waals surface area contributed by atoms with E-state index in [1.165, 1.54) is 12.1 Å². The summed E-state index contributed by atoms with van der Waals surface area (Å²) in [7, 11) is -3.58. The first-order valence-corrected chi connectivity index (χ1v) is 8.45. The van der Waals surface area contributed by atoms with Gasteiger partial charge in [-0.2, -0.15) is 0 Å². The Morgan fingerprint density at radius 2 is 1.57 bits per heavy atom. The molecule has 0 amide bonds. The van der Waals surface area contributed by atoms with Gasteiger partial charge in [0.25, 0.3) is 0 Å². The number of carbonyl (C=O) groups excluding carboxylic acids is 1. The van der Waals surface area contributed by atoms with Crippen LogP contribution in [0.15, 0.2) is 53.4 Å². The summed E-state index contributed by atoms with van der Waals surface area (Å²) in [5, 5.41) is 0.582. The second-order valence-electron chi connectivity index (χ2n) is 4.91. The van der Waals surface area contributed by atoms with Gasteiger partial charge in [0.05, 0.1) is 4.90 Å². The lowest BCUT2D eigenvalue weighted by molar-refractivity contribution is -0.116. The monoisotopic (exact) mass is 322 g/mol. The van der Waals surface area contributed by atoms with Crippen LogP contribution in [0.3, 0.4) is 0 Å². The van der Waals surface area contributed by atoms with Crippen molar-refractivity contribution in [2.75, 3.05) is 5.75 Å². The molecule has 0 atom stereocenters. The van der Waals surface area contributed by atoms with Gasteiger partial charge in [0, 0.05) is 11.4 Å². The summed E-state index contributed by atoms with van der Waals surface area (Å²) in [6.45, 7) is 1.88. The summed E-state index contributed by atoms with van der Waals surface area (Å²) in [5.41, 5.74) is 1.73. The molecule has 0 N–H and O–H groups in total. The van der Waals surface area contributed by atoms with E-state index < -0.39 is 15.6 Å². The van der Waals surface area contributed by atoms with Crippen LogP contribution in [0, 0.1) is 6.92 Å². The van der Waals surface area contributed by atoms with E-state index >= 15 is 0 Å². The van der Waals surface area contributed by atoms with E-state index in [1.807, 2.05) is 6.92 Å². The molecule has 0 unspecified atom stereocenters. The number of hydrogen-bond acceptors (Lipinski definition) is 3. The Kier molecular flexibility index (Phi) is 4.80. The molecule has 2 aromatic rings. The Balaban J connectivity index is 2.07. The van der Waals surface area contributed by atoms with Crippen LogP contribution in [0.25, 0.3) is 0 Å². The molecule has 0 radical (unpaired) electrons. The highest BCUT2D eigenvalue weighted by Crippen LogP contribution is 2.14. The van der Waals surface area contributed by atoms with Crippen molar-refractivity contribution in [3.63, 3.8) is 0 Å². The SMILES string of the molecule is Cc1ccc(S(=O)(=O)CC(=O)Cc2ccc(Cl)cc2)cc1. The molecule has 0 saturated carbocycles.